The molecule has 0 aromatic heterocycles. The van der Waals surface area contributed by atoms with Gasteiger partial charge in [0.05, 0.1) is 0 Å². The number of methoxy groups -OCH3 is 1. The Balaban J connectivity index is 2.37. The first-order valence-electron chi connectivity index (χ1n) is 3.52. The summed E-state index contributed by atoms with van der Waals surface area (Å²) in [6.45, 7) is 0. The summed E-state index contributed by atoms with van der Waals surface area (Å²) in [5, 5.41) is 11.3. The monoisotopic (exact) mass is 129 g/mol. The number of rotatable bonds is 1. The van der Waals surface area contributed by atoms with E-state index in [0.29, 0.717) is 12.8 Å². The van der Waals surface area contributed by atoms with Gasteiger partial charge < -0.3 is 4.74 Å². The highest BCUT2D eigenvalue weighted by molar-refractivity contribution is 4.71. The van der Waals surface area contributed by atoms with Crippen molar-refractivity contribution < 1.29 is 9.84 Å². The zero-order valence-corrected chi connectivity index (χ0v) is 5.85. The minimum atomic E-state index is -1.03. The largest absolute Gasteiger partial charge is 0.351 e. The van der Waals surface area contributed by atoms with Crippen LogP contribution >= 0.6 is 0 Å². The van der Waals surface area contributed by atoms with Crippen LogP contribution in [0.5, 0.6) is 0 Å². The van der Waals surface area contributed by atoms with Crippen LogP contribution < -0.4 is 0 Å². The average Bonchev–Trinajstić information content (AvgIpc) is 1.90. The van der Waals surface area contributed by atoms with Crippen molar-refractivity contribution >= 4 is 0 Å². The van der Waals surface area contributed by atoms with Gasteiger partial charge in [0.15, 0.2) is 0 Å². The fraction of sp³-hybridized carbons (Fsp3) is 1.00. The summed E-state index contributed by atoms with van der Waals surface area (Å²) in [4.78, 5) is 0. The van der Waals surface area contributed by atoms with E-state index in [2.05, 4.69) is 0 Å². The molecule has 2 nitrogen and oxygen atoms in total. The van der Waals surface area contributed by atoms with Crippen LogP contribution in [0.2, 0.25) is 0 Å². The molecule has 1 fully saturated rings. The van der Waals surface area contributed by atoms with E-state index in [1.165, 1.54) is 13.5 Å². The molecule has 1 saturated carbocycles. The van der Waals surface area contributed by atoms with Gasteiger partial charge >= 0.3 is 0 Å². The zero-order valence-electron chi connectivity index (χ0n) is 5.85. The van der Waals surface area contributed by atoms with Gasteiger partial charge in [-0.2, -0.15) is 5.11 Å². The maximum atomic E-state index is 11.3. The minimum Gasteiger partial charge on any atom is -0.351 e. The maximum absolute atomic E-state index is 11.3. The topological polar surface area (TPSA) is 29.1 Å². The standard InChI is InChI=1S/C7H13O2/c1-9-7(8)5-3-2-4-6-7/h2-6H2,1H3. The molecule has 53 valence electrons. The van der Waals surface area contributed by atoms with E-state index in [9.17, 15) is 5.11 Å². The van der Waals surface area contributed by atoms with Crippen molar-refractivity contribution in [3.8, 4) is 0 Å². The van der Waals surface area contributed by atoms with Crippen molar-refractivity contribution in [1.82, 2.24) is 0 Å². The van der Waals surface area contributed by atoms with Gasteiger partial charge in [0.1, 0.15) is 0 Å². The van der Waals surface area contributed by atoms with Crippen molar-refractivity contribution in [2.24, 2.45) is 0 Å². The second-order valence-electron chi connectivity index (χ2n) is 2.68. The van der Waals surface area contributed by atoms with Crippen LogP contribution in [-0.2, 0) is 9.84 Å². The minimum absolute atomic E-state index is 0.698. The predicted octanol–water partition coefficient (Wildman–Crippen LogP) is 1.72. The van der Waals surface area contributed by atoms with Crippen molar-refractivity contribution in [1.29, 1.82) is 0 Å². The van der Waals surface area contributed by atoms with E-state index < -0.39 is 5.79 Å². The normalized spacial score (nSPS) is 26.0. The lowest BCUT2D eigenvalue weighted by Gasteiger charge is -2.27. The van der Waals surface area contributed by atoms with Crippen LogP contribution in [0, 0.1) is 0 Å². The lowest BCUT2D eigenvalue weighted by Crippen LogP contribution is -2.31. The Morgan fingerprint density at radius 3 is 2.11 bits per heavy atom. The smallest absolute Gasteiger partial charge is 0.201 e. The molecule has 1 radical (unpaired) electrons. The lowest BCUT2D eigenvalue weighted by atomic mass is 9.94. The Hall–Kier alpha value is -0.0800. The highest BCUT2D eigenvalue weighted by atomic mass is 16.6. The van der Waals surface area contributed by atoms with Crippen molar-refractivity contribution in [2.45, 2.75) is 37.9 Å². The third-order valence-corrected chi connectivity index (χ3v) is 1.99. The zero-order chi connectivity index (χ0) is 6.74. The van der Waals surface area contributed by atoms with Gasteiger partial charge in [-0.15, -0.1) is 0 Å². The SMILES string of the molecule is COC1([O])CCCCC1. The highest BCUT2D eigenvalue weighted by Crippen LogP contribution is 2.28. The van der Waals surface area contributed by atoms with E-state index in [4.69, 9.17) is 4.74 Å². The van der Waals surface area contributed by atoms with Gasteiger partial charge in [-0.3, -0.25) is 0 Å². The molecule has 0 aromatic carbocycles. The molecule has 0 aliphatic heterocycles. The third-order valence-electron chi connectivity index (χ3n) is 1.99. The van der Waals surface area contributed by atoms with Gasteiger partial charge in [-0.05, 0) is 12.8 Å². The summed E-state index contributed by atoms with van der Waals surface area (Å²) in [7, 11) is 1.51. The Morgan fingerprint density at radius 1 is 1.22 bits per heavy atom. The number of ether oxygens (including phenoxy) is 1. The quantitative estimate of drug-likeness (QED) is 0.495. The van der Waals surface area contributed by atoms with Crippen LogP contribution in [0.25, 0.3) is 0 Å². The molecule has 1 aliphatic rings. The number of hydrogen-bond acceptors (Lipinski definition) is 1. The van der Waals surface area contributed by atoms with Crippen molar-refractivity contribution in [3.05, 3.63) is 0 Å². The second kappa shape index (κ2) is 2.67. The Morgan fingerprint density at radius 2 is 1.78 bits per heavy atom. The predicted molar refractivity (Wildman–Crippen MR) is 33.5 cm³/mol. The second-order valence-corrected chi connectivity index (χ2v) is 2.68. The molecule has 0 aromatic rings. The summed E-state index contributed by atoms with van der Waals surface area (Å²) in [5.74, 6) is -1.03. The molecule has 0 saturated heterocycles. The Labute approximate surface area is 55.8 Å². The van der Waals surface area contributed by atoms with Crippen LogP contribution in [0.4, 0.5) is 0 Å². The average molecular weight is 129 g/mol. The summed E-state index contributed by atoms with van der Waals surface area (Å²) < 4.78 is 4.82. The molecule has 1 rings (SSSR count). The van der Waals surface area contributed by atoms with Gasteiger partial charge in [-0.25, -0.2) is 0 Å². The molecule has 0 bridgehead atoms. The summed E-state index contributed by atoms with van der Waals surface area (Å²) in [6, 6.07) is 0. The van der Waals surface area contributed by atoms with E-state index in [1.54, 1.807) is 0 Å². The van der Waals surface area contributed by atoms with Crippen LogP contribution in [0.15, 0.2) is 0 Å². The molecule has 2 heteroatoms. The molecule has 0 unspecified atom stereocenters. The molecule has 0 spiro atoms. The molecule has 0 amide bonds. The van der Waals surface area contributed by atoms with Gasteiger partial charge in [0, 0.05) is 20.0 Å². The molecule has 0 N–H and O–H groups in total. The summed E-state index contributed by atoms with van der Waals surface area (Å²) in [5.41, 5.74) is 0. The van der Waals surface area contributed by atoms with Gasteiger partial charge in [-0.1, -0.05) is 6.42 Å². The van der Waals surface area contributed by atoms with E-state index in [-0.39, 0.29) is 0 Å². The first-order valence-corrected chi connectivity index (χ1v) is 3.52. The fourth-order valence-electron chi connectivity index (χ4n) is 1.29. The Bertz CT molecular complexity index is 84.9. The summed E-state index contributed by atoms with van der Waals surface area (Å²) >= 11 is 0. The van der Waals surface area contributed by atoms with E-state index >= 15 is 0 Å². The van der Waals surface area contributed by atoms with Gasteiger partial charge in [0.2, 0.25) is 5.79 Å². The van der Waals surface area contributed by atoms with Crippen molar-refractivity contribution in [2.75, 3.05) is 7.11 Å². The van der Waals surface area contributed by atoms with E-state index in [1.807, 2.05) is 0 Å². The van der Waals surface area contributed by atoms with E-state index in [0.717, 1.165) is 12.8 Å². The number of hydrogen-bond donors (Lipinski definition) is 0. The first kappa shape index (κ1) is 7.03. The molecule has 0 atom stereocenters. The van der Waals surface area contributed by atoms with Crippen LogP contribution in [0.1, 0.15) is 32.1 Å². The van der Waals surface area contributed by atoms with Gasteiger partial charge in [0.25, 0.3) is 0 Å². The molecular formula is C7H13O2. The maximum Gasteiger partial charge on any atom is 0.201 e. The molecule has 0 heterocycles. The highest BCUT2D eigenvalue weighted by Gasteiger charge is 2.30. The first-order chi connectivity index (χ1) is 4.27. The van der Waals surface area contributed by atoms with Crippen LogP contribution in [0.3, 0.4) is 0 Å². The molecule has 9 heavy (non-hydrogen) atoms. The summed E-state index contributed by atoms with van der Waals surface area (Å²) in [6.07, 6.45) is 4.68. The molecular weight excluding hydrogens is 116 g/mol. The van der Waals surface area contributed by atoms with Crippen molar-refractivity contribution in [3.63, 3.8) is 0 Å². The Kier molecular flexibility index (Phi) is 2.09. The third kappa shape index (κ3) is 1.66. The lowest BCUT2D eigenvalue weighted by molar-refractivity contribution is -0.241. The van der Waals surface area contributed by atoms with Crippen LogP contribution in [-0.4, -0.2) is 12.9 Å². The fourth-order valence-corrected chi connectivity index (χ4v) is 1.29. The molecule has 1 aliphatic carbocycles.